The van der Waals surface area contributed by atoms with Gasteiger partial charge in [-0.15, -0.1) is 11.3 Å². The van der Waals surface area contributed by atoms with Crippen molar-refractivity contribution < 1.29 is 14.7 Å². The zero-order valence-corrected chi connectivity index (χ0v) is 13.1. The molecule has 5 heteroatoms. The minimum absolute atomic E-state index is 0.0668. The largest absolute Gasteiger partial charge is 0.481 e. The molecule has 0 radical (unpaired) electrons. The zero-order valence-electron chi connectivity index (χ0n) is 12.2. The Labute approximate surface area is 128 Å². The molecular weight excluding hydrogens is 286 g/mol. The van der Waals surface area contributed by atoms with E-state index < -0.39 is 5.97 Å². The Bertz CT molecular complexity index is 549. The number of amides is 1. The summed E-state index contributed by atoms with van der Waals surface area (Å²) in [5, 5.41) is 11.0. The second kappa shape index (κ2) is 5.79. The van der Waals surface area contributed by atoms with E-state index >= 15 is 0 Å². The normalized spacial score (nSPS) is 22.7. The number of fused-ring (bicyclic) bond motifs is 1. The van der Waals surface area contributed by atoms with Gasteiger partial charge in [0.05, 0.1) is 6.04 Å². The molecule has 1 aromatic rings. The van der Waals surface area contributed by atoms with Crippen LogP contribution in [0.2, 0.25) is 0 Å². The third-order valence-corrected chi connectivity index (χ3v) is 5.45. The molecule has 1 amide bonds. The molecule has 2 heterocycles. The van der Waals surface area contributed by atoms with Crippen LogP contribution in [0, 0.1) is 11.8 Å². The van der Waals surface area contributed by atoms with Gasteiger partial charge in [0.25, 0.3) is 0 Å². The molecule has 0 bridgehead atoms. The van der Waals surface area contributed by atoms with Gasteiger partial charge in [0.2, 0.25) is 5.91 Å². The molecule has 3 rings (SSSR count). The predicted octanol–water partition coefficient (Wildman–Crippen LogP) is 3.08. The van der Waals surface area contributed by atoms with Crippen LogP contribution >= 0.6 is 11.3 Å². The molecule has 1 saturated carbocycles. The number of carboxylic acids is 1. The third-order valence-electron chi connectivity index (χ3n) is 4.45. The van der Waals surface area contributed by atoms with Crippen molar-refractivity contribution >= 4 is 23.2 Å². The van der Waals surface area contributed by atoms with E-state index in [1.807, 2.05) is 11.8 Å². The Morgan fingerprint density at radius 3 is 2.86 bits per heavy atom. The van der Waals surface area contributed by atoms with Gasteiger partial charge in [-0.3, -0.25) is 9.59 Å². The minimum atomic E-state index is -0.826. The fraction of sp³-hybridized carbons (Fsp3) is 0.625. The maximum Gasteiger partial charge on any atom is 0.303 e. The molecule has 0 spiro atoms. The lowest BCUT2D eigenvalue weighted by molar-refractivity contribution is -0.139. The monoisotopic (exact) mass is 307 g/mol. The van der Waals surface area contributed by atoms with Gasteiger partial charge in [-0.1, -0.05) is 6.92 Å². The van der Waals surface area contributed by atoms with Crippen LogP contribution in [0.25, 0.3) is 0 Å². The van der Waals surface area contributed by atoms with E-state index in [0.29, 0.717) is 12.3 Å². The Balaban J connectivity index is 1.72. The van der Waals surface area contributed by atoms with Gasteiger partial charge in [-0.25, -0.2) is 0 Å². The lowest BCUT2D eigenvalue weighted by Crippen LogP contribution is -2.41. The number of nitrogens with zero attached hydrogens (tertiary/aromatic N) is 1. The minimum Gasteiger partial charge on any atom is -0.481 e. The van der Waals surface area contributed by atoms with Crippen LogP contribution in [0.1, 0.15) is 49.1 Å². The summed E-state index contributed by atoms with van der Waals surface area (Å²) >= 11 is 1.79. The Hall–Kier alpha value is -1.36. The molecule has 21 heavy (non-hydrogen) atoms. The van der Waals surface area contributed by atoms with E-state index in [1.54, 1.807) is 11.3 Å². The van der Waals surface area contributed by atoms with Crippen LogP contribution in [-0.2, 0) is 16.0 Å². The van der Waals surface area contributed by atoms with E-state index in [-0.39, 0.29) is 24.3 Å². The number of hydrogen-bond donors (Lipinski definition) is 1. The van der Waals surface area contributed by atoms with Gasteiger partial charge in [0.15, 0.2) is 0 Å². The summed E-state index contributed by atoms with van der Waals surface area (Å²) in [6.07, 6.45) is 3.75. The van der Waals surface area contributed by atoms with Gasteiger partial charge in [0.1, 0.15) is 0 Å². The number of carbonyl (C=O) groups is 2. The third kappa shape index (κ3) is 3.12. The lowest BCUT2D eigenvalue weighted by atomic mass is 9.94. The quantitative estimate of drug-likeness (QED) is 0.909. The molecule has 1 fully saturated rings. The average Bonchev–Trinajstić information content (AvgIpc) is 3.13. The number of rotatable bonds is 5. The highest BCUT2D eigenvalue weighted by Crippen LogP contribution is 2.48. The molecule has 0 aromatic carbocycles. The van der Waals surface area contributed by atoms with Crippen LogP contribution in [0.3, 0.4) is 0 Å². The summed E-state index contributed by atoms with van der Waals surface area (Å²) in [5.41, 5.74) is 1.34. The molecule has 2 aliphatic rings. The van der Waals surface area contributed by atoms with Crippen molar-refractivity contribution in [3.05, 3.63) is 21.9 Å². The number of thiophene rings is 1. The molecule has 1 aromatic heterocycles. The molecule has 1 aliphatic heterocycles. The molecule has 2 unspecified atom stereocenters. The molecule has 114 valence electrons. The first-order chi connectivity index (χ1) is 10.1. The number of carboxylic acid groups (broad SMARTS) is 1. The SMILES string of the molecule is CC(CC(=O)O)CC(=O)N1CCc2sccc2C1C1CC1. The highest BCUT2D eigenvalue weighted by atomic mass is 32.1. The number of hydrogen-bond acceptors (Lipinski definition) is 3. The summed E-state index contributed by atoms with van der Waals surface area (Å²) in [7, 11) is 0. The van der Waals surface area contributed by atoms with Crippen LogP contribution in [-0.4, -0.2) is 28.4 Å². The first-order valence-corrected chi connectivity index (χ1v) is 8.51. The number of carbonyl (C=O) groups excluding carboxylic acids is 1. The van der Waals surface area contributed by atoms with Crippen LogP contribution < -0.4 is 0 Å². The maximum absolute atomic E-state index is 12.6. The number of aliphatic carboxylic acids is 1. The Morgan fingerprint density at radius 1 is 1.43 bits per heavy atom. The van der Waals surface area contributed by atoms with Crippen molar-refractivity contribution in [3.63, 3.8) is 0 Å². The summed E-state index contributed by atoms with van der Waals surface area (Å²) in [6.45, 7) is 2.63. The summed E-state index contributed by atoms with van der Waals surface area (Å²) in [6, 6.07) is 2.41. The van der Waals surface area contributed by atoms with Crippen molar-refractivity contribution in [2.75, 3.05) is 6.54 Å². The molecule has 1 aliphatic carbocycles. The fourth-order valence-corrected chi connectivity index (χ4v) is 4.24. The van der Waals surface area contributed by atoms with E-state index in [2.05, 4.69) is 11.4 Å². The molecule has 4 nitrogen and oxygen atoms in total. The van der Waals surface area contributed by atoms with E-state index in [4.69, 9.17) is 5.11 Å². The summed E-state index contributed by atoms with van der Waals surface area (Å²) < 4.78 is 0. The predicted molar refractivity (Wildman–Crippen MR) is 81.2 cm³/mol. The molecule has 0 saturated heterocycles. The molecular formula is C16H21NO3S. The second-order valence-electron chi connectivity index (χ2n) is 6.33. The first-order valence-electron chi connectivity index (χ1n) is 7.63. The Kier molecular flexibility index (Phi) is 4.02. The second-order valence-corrected chi connectivity index (χ2v) is 7.33. The van der Waals surface area contributed by atoms with Crippen molar-refractivity contribution in [2.24, 2.45) is 11.8 Å². The van der Waals surface area contributed by atoms with Crippen LogP contribution in [0.15, 0.2) is 11.4 Å². The smallest absolute Gasteiger partial charge is 0.303 e. The average molecular weight is 307 g/mol. The fourth-order valence-electron chi connectivity index (χ4n) is 3.33. The summed E-state index contributed by atoms with van der Waals surface area (Å²) in [5.74, 6) is -0.193. The highest BCUT2D eigenvalue weighted by Gasteiger charge is 2.41. The topological polar surface area (TPSA) is 57.6 Å². The van der Waals surface area contributed by atoms with Crippen molar-refractivity contribution in [3.8, 4) is 0 Å². The van der Waals surface area contributed by atoms with Crippen molar-refractivity contribution in [1.29, 1.82) is 0 Å². The standard InChI is InChI=1S/C16H21NO3S/c1-10(9-15(19)20)8-14(18)17-6-4-13-12(5-7-21-13)16(17)11-2-3-11/h5,7,10-11,16H,2-4,6,8-9H2,1H3,(H,19,20). The highest BCUT2D eigenvalue weighted by molar-refractivity contribution is 7.10. The first kappa shape index (κ1) is 14.6. The van der Waals surface area contributed by atoms with Crippen LogP contribution in [0.5, 0.6) is 0 Å². The van der Waals surface area contributed by atoms with Gasteiger partial charge in [-0.05, 0) is 48.1 Å². The molecule has 2 atom stereocenters. The van der Waals surface area contributed by atoms with Crippen molar-refractivity contribution in [2.45, 2.75) is 45.1 Å². The molecule has 1 N–H and O–H groups in total. The zero-order chi connectivity index (χ0) is 15.0. The van der Waals surface area contributed by atoms with Gasteiger partial charge < -0.3 is 10.0 Å². The van der Waals surface area contributed by atoms with E-state index in [9.17, 15) is 9.59 Å². The Morgan fingerprint density at radius 2 is 2.19 bits per heavy atom. The van der Waals surface area contributed by atoms with Gasteiger partial charge >= 0.3 is 5.97 Å². The van der Waals surface area contributed by atoms with Crippen LogP contribution in [0.4, 0.5) is 0 Å². The van der Waals surface area contributed by atoms with E-state index in [1.165, 1.54) is 23.3 Å². The van der Waals surface area contributed by atoms with E-state index in [0.717, 1.165) is 13.0 Å². The lowest BCUT2D eigenvalue weighted by Gasteiger charge is -2.37. The maximum atomic E-state index is 12.6. The summed E-state index contributed by atoms with van der Waals surface area (Å²) in [4.78, 5) is 26.8. The van der Waals surface area contributed by atoms with Gasteiger partial charge in [-0.2, -0.15) is 0 Å². The van der Waals surface area contributed by atoms with Crippen molar-refractivity contribution in [1.82, 2.24) is 4.90 Å². The van der Waals surface area contributed by atoms with Gasteiger partial charge in [0, 0.05) is 24.3 Å².